The fourth-order valence-corrected chi connectivity index (χ4v) is 4.27. The number of likely N-dealkylation sites (N-methyl/N-ethyl adjacent to an activating group) is 1. The summed E-state index contributed by atoms with van der Waals surface area (Å²) in [7, 11) is 6.28. The summed E-state index contributed by atoms with van der Waals surface area (Å²) in [4.78, 5) is 2.30. The molecule has 2 aromatic carbocycles. The normalized spacial score (nSPS) is 22.2. The quantitative estimate of drug-likeness (QED) is 0.916. The summed E-state index contributed by atoms with van der Waals surface area (Å²) in [5.74, 6) is 0. The molecule has 0 bridgehead atoms. The summed E-state index contributed by atoms with van der Waals surface area (Å²) in [5.41, 5.74) is 6.80. The lowest BCUT2D eigenvalue weighted by Gasteiger charge is -2.26. The summed E-state index contributed by atoms with van der Waals surface area (Å²) in [6.07, 6.45) is 6.69. The first-order valence-corrected chi connectivity index (χ1v) is 8.80. The van der Waals surface area contributed by atoms with Gasteiger partial charge in [-0.2, -0.15) is 0 Å². The second-order valence-electron chi connectivity index (χ2n) is 6.93. The lowest BCUT2D eigenvalue weighted by Crippen LogP contribution is -2.29. The third-order valence-electron chi connectivity index (χ3n) is 5.30. The molecule has 2 aromatic rings. The number of rotatable bonds is 4. The van der Waals surface area contributed by atoms with Gasteiger partial charge in [0.15, 0.2) is 0 Å². The van der Waals surface area contributed by atoms with Crippen LogP contribution in [0.25, 0.3) is 0 Å². The molecule has 0 heterocycles. The minimum absolute atomic E-state index is 0.121. The molecule has 0 fully saturated rings. The predicted octanol–water partition coefficient (Wildman–Crippen LogP) is 3.89. The number of nitrogens with one attached hydrogen (secondary N) is 1. The van der Waals surface area contributed by atoms with Crippen LogP contribution in [-0.4, -0.2) is 32.1 Å². The maximum Gasteiger partial charge on any atom is 0.0693 e. The Morgan fingerprint density at radius 1 is 0.920 bits per heavy atom. The molecule has 0 spiro atoms. The van der Waals surface area contributed by atoms with Gasteiger partial charge in [0.05, 0.1) is 11.5 Å². The highest BCUT2D eigenvalue weighted by Gasteiger charge is 2.59. The standard InChI is InChI=1S/C23H24N2/c1-24-16-17-14-15-20(25(2)3)22-21(17)23(22,18-10-6-4-7-11-18)19-12-8-5-9-13-19/h4-16,20,24H,1-3H3. The van der Waals surface area contributed by atoms with Gasteiger partial charge in [-0.1, -0.05) is 72.8 Å². The Balaban J connectivity index is 1.94. The van der Waals surface area contributed by atoms with Crippen LogP contribution in [0.5, 0.6) is 0 Å². The van der Waals surface area contributed by atoms with Gasteiger partial charge in [0.2, 0.25) is 0 Å². The molecular weight excluding hydrogens is 304 g/mol. The average Bonchev–Trinajstić information content (AvgIpc) is 3.35. The number of hydrogen-bond acceptors (Lipinski definition) is 2. The molecule has 2 aliphatic carbocycles. The molecule has 126 valence electrons. The Morgan fingerprint density at radius 3 is 1.96 bits per heavy atom. The van der Waals surface area contributed by atoms with Gasteiger partial charge in [0.1, 0.15) is 0 Å². The Kier molecular flexibility index (Phi) is 3.85. The van der Waals surface area contributed by atoms with E-state index >= 15 is 0 Å². The molecule has 0 aromatic heterocycles. The van der Waals surface area contributed by atoms with Crippen LogP contribution in [0.2, 0.25) is 0 Å². The van der Waals surface area contributed by atoms with Crippen molar-refractivity contribution >= 4 is 0 Å². The Bertz CT molecular complexity index is 818. The summed E-state index contributed by atoms with van der Waals surface area (Å²) in [6, 6.07) is 22.1. The number of hydrogen-bond donors (Lipinski definition) is 1. The molecule has 25 heavy (non-hydrogen) atoms. The molecular formula is C23H24N2. The van der Waals surface area contributed by atoms with Crippen molar-refractivity contribution in [2.24, 2.45) is 0 Å². The lowest BCUT2D eigenvalue weighted by molar-refractivity contribution is 0.377. The second kappa shape index (κ2) is 6.05. The van der Waals surface area contributed by atoms with Gasteiger partial charge in [-0.3, -0.25) is 4.90 Å². The van der Waals surface area contributed by atoms with Gasteiger partial charge in [-0.25, -0.2) is 0 Å². The van der Waals surface area contributed by atoms with E-state index in [-0.39, 0.29) is 5.41 Å². The van der Waals surface area contributed by atoms with E-state index in [1.165, 1.54) is 27.8 Å². The maximum absolute atomic E-state index is 3.22. The van der Waals surface area contributed by atoms with E-state index in [9.17, 15) is 0 Å². The smallest absolute Gasteiger partial charge is 0.0693 e. The zero-order chi connectivity index (χ0) is 17.4. The molecule has 2 nitrogen and oxygen atoms in total. The number of allylic oxidation sites excluding steroid dienone is 3. The van der Waals surface area contributed by atoms with E-state index in [0.717, 1.165) is 0 Å². The predicted molar refractivity (Wildman–Crippen MR) is 104 cm³/mol. The second-order valence-corrected chi connectivity index (χ2v) is 6.93. The summed E-state index contributed by atoms with van der Waals surface area (Å²) in [6.45, 7) is 0. The molecule has 2 heteroatoms. The van der Waals surface area contributed by atoms with Crippen molar-refractivity contribution in [1.29, 1.82) is 0 Å². The first-order chi connectivity index (χ1) is 12.2. The first-order valence-electron chi connectivity index (χ1n) is 8.80. The Hall–Kier alpha value is -2.58. The van der Waals surface area contributed by atoms with E-state index in [1.807, 2.05) is 7.05 Å². The minimum Gasteiger partial charge on any atom is -0.393 e. The van der Waals surface area contributed by atoms with E-state index in [2.05, 4.69) is 103 Å². The van der Waals surface area contributed by atoms with Crippen molar-refractivity contribution in [3.63, 3.8) is 0 Å². The van der Waals surface area contributed by atoms with Gasteiger partial charge >= 0.3 is 0 Å². The van der Waals surface area contributed by atoms with E-state index in [1.54, 1.807) is 0 Å². The molecule has 1 N–H and O–H groups in total. The SMILES string of the molecule is CNC=C1C=CC(N(C)C)C2=C1C2(c1ccccc1)c1ccccc1. The van der Waals surface area contributed by atoms with Gasteiger partial charge in [-0.15, -0.1) is 0 Å². The average molecular weight is 328 g/mol. The minimum atomic E-state index is -0.121. The van der Waals surface area contributed by atoms with E-state index in [0.29, 0.717) is 6.04 Å². The van der Waals surface area contributed by atoms with Crippen molar-refractivity contribution < 1.29 is 0 Å². The third-order valence-corrected chi connectivity index (χ3v) is 5.30. The van der Waals surface area contributed by atoms with Crippen molar-refractivity contribution in [2.75, 3.05) is 21.1 Å². The van der Waals surface area contributed by atoms with Crippen LogP contribution >= 0.6 is 0 Å². The monoisotopic (exact) mass is 328 g/mol. The molecule has 1 unspecified atom stereocenters. The molecule has 0 amide bonds. The summed E-state index contributed by atoms with van der Waals surface area (Å²) in [5, 5.41) is 3.22. The van der Waals surface area contributed by atoms with Crippen LogP contribution in [0.15, 0.2) is 95.7 Å². The molecule has 0 aliphatic heterocycles. The first kappa shape index (κ1) is 15.9. The van der Waals surface area contributed by atoms with E-state index < -0.39 is 0 Å². The van der Waals surface area contributed by atoms with Crippen LogP contribution < -0.4 is 5.32 Å². The molecule has 0 saturated heterocycles. The van der Waals surface area contributed by atoms with Crippen LogP contribution in [-0.2, 0) is 5.41 Å². The van der Waals surface area contributed by atoms with Crippen LogP contribution in [0.1, 0.15) is 11.1 Å². The van der Waals surface area contributed by atoms with Crippen molar-refractivity contribution in [3.8, 4) is 0 Å². The van der Waals surface area contributed by atoms with Crippen molar-refractivity contribution in [3.05, 3.63) is 107 Å². The Morgan fingerprint density at radius 2 is 1.48 bits per heavy atom. The topological polar surface area (TPSA) is 15.3 Å². The van der Waals surface area contributed by atoms with Gasteiger partial charge in [-0.05, 0) is 41.9 Å². The van der Waals surface area contributed by atoms with Crippen molar-refractivity contribution in [1.82, 2.24) is 10.2 Å². The molecule has 0 radical (unpaired) electrons. The highest BCUT2D eigenvalue weighted by atomic mass is 15.1. The molecule has 2 aliphatic rings. The number of nitrogens with zero attached hydrogens (tertiary/aromatic N) is 1. The third kappa shape index (κ3) is 2.29. The fourth-order valence-electron chi connectivity index (χ4n) is 4.27. The van der Waals surface area contributed by atoms with Gasteiger partial charge < -0.3 is 5.32 Å². The highest BCUT2D eigenvalue weighted by molar-refractivity contribution is 5.81. The van der Waals surface area contributed by atoms with Crippen molar-refractivity contribution in [2.45, 2.75) is 11.5 Å². The Labute approximate surface area is 150 Å². The summed E-state index contributed by atoms with van der Waals surface area (Å²) < 4.78 is 0. The molecule has 1 atom stereocenters. The molecule has 4 rings (SSSR count). The summed E-state index contributed by atoms with van der Waals surface area (Å²) >= 11 is 0. The zero-order valence-electron chi connectivity index (χ0n) is 15.0. The maximum atomic E-state index is 3.22. The highest BCUT2D eigenvalue weighted by Crippen LogP contribution is 2.64. The van der Waals surface area contributed by atoms with Crippen LogP contribution in [0.4, 0.5) is 0 Å². The molecule has 0 saturated carbocycles. The number of benzene rings is 2. The van der Waals surface area contributed by atoms with Gasteiger partial charge in [0, 0.05) is 13.2 Å². The van der Waals surface area contributed by atoms with E-state index in [4.69, 9.17) is 0 Å². The van der Waals surface area contributed by atoms with Crippen LogP contribution in [0.3, 0.4) is 0 Å². The lowest BCUT2D eigenvalue weighted by atomic mass is 9.79. The fraction of sp³-hybridized carbons (Fsp3) is 0.217. The largest absolute Gasteiger partial charge is 0.393 e. The van der Waals surface area contributed by atoms with Crippen LogP contribution in [0, 0.1) is 0 Å². The van der Waals surface area contributed by atoms with Gasteiger partial charge in [0.25, 0.3) is 0 Å². The zero-order valence-corrected chi connectivity index (χ0v) is 15.0.